The Labute approximate surface area is 292 Å². The van der Waals surface area contributed by atoms with Gasteiger partial charge in [-0.1, -0.05) is 0 Å². The van der Waals surface area contributed by atoms with Crippen LogP contribution in [0.5, 0.6) is 23.0 Å². The molecule has 1 aliphatic carbocycles. The maximum Gasteiger partial charge on any atom is 0.229 e. The van der Waals surface area contributed by atoms with Crippen molar-refractivity contribution in [3.8, 4) is 45.6 Å². The molecule has 3 saturated heterocycles. The predicted molar refractivity (Wildman–Crippen MR) is 166 cm³/mol. The standard InChI is InChI=1S/C32H38O20/c33-7-19-22(40)24(42)27(45)30(50-19)47-9-20-23(41)25(43)29(52-31-26(44)21(39)16(38)8-46-31)32(51-20)49-18-6-12-14(36)4-11(34)5-17(12)48-28(18)10-1-2-13(35)15(37)3-10/h1-6,16,19-27,29-33,35-45H,7-9H2/t16-,19-,20-,21+,22-,23+,24+,25+,26-,27-,29-,30-,31+,32-/m1/s1. The number of ether oxygens (including phenoxy) is 6. The van der Waals surface area contributed by atoms with Gasteiger partial charge in [0.15, 0.2) is 47.1 Å². The molecule has 12 N–H and O–H groups in total. The summed E-state index contributed by atoms with van der Waals surface area (Å²) in [5, 5.41) is 124. The average molecular weight is 743 g/mol. The number of hydrogen-bond donors (Lipinski definition) is 12. The van der Waals surface area contributed by atoms with Crippen LogP contribution < -0.4 is 10.2 Å². The second-order valence-corrected chi connectivity index (χ2v) is 12.5. The zero-order chi connectivity index (χ0) is 37.6. The van der Waals surface area contributed by atoms with Gasteiger partial charge in [0, 0.05) is 17.7 Å². The predicted octanol–water partition coefficient (Wildman–Crippen LogP) is -4.01. The highest BCUT2D eigenvalue weighted by atomic mass is 16.8. The van der Waals surface area contributed by atoms with Gasteiger partial charge >= 0.3 is 0 Å². The van der Waals surface area contributed by atoms with E-state index in [1.54, 1.807) is 0 Å². The second-order valence-electron chi connectivity index (χ2n) is 12.5. The van der Waals surface area contributed by atoms with Crippen LogP contribution in [0.4, 0.5) is 0 Å². The Balaban J connectivity index is 1.36. The highest BCUT2D eigenvalue weighted by Crippen LogP contribution is 2.43. The summed E-state index contributed by atoms with van der Waals surface area (Å²) in [6, 6.07) is 6.66. The summed E-state index contributed by atoms with van der Waals surface area (Å²) in [6.07, 6.45) is -24.2. The molecule has 5 aliphatic rings. The molecule has 3 fully saturated rings. The lowest BCUT2D eigenvalue weighted by molar-refractivity contribution is -0.353. The lowest BCUT2D eigenvalue weighted by atomic mass is 9.97. The van der Waals surface area contributed by atoms with E-state index in [1.807, 2.05) is 0 Å². The fourth-order valence-electron chi connectivity index (χ4n) is 5.98. The first-order valence-electron chi connectivity index (χ1n) is 15.9. The van der Waals surface area contributed by atoms with Crippen molar-refractivity contribution in [2.24, 2.45) is 0 Å². The Bertz CT molecular complexity index is 1720. The minimum absolute atomic E-state index is 0.0548. The summed E-state index contributed by atoms with van der Waals surface area (Å²) in [7, 11) is 0. The van der Waals surface area contributed by atoms with Crippen molar-refractivity contribution in [1.29, 1.82) is 0 Å². The Kier molecular flexibility index (Phi) is 11.2. The molecule has 0 bridgehead atoms. The molecule has 0 radical (unpaired) electrons. The minimum atomic E-state index is -1.98. The third kappa shape index (κ3) is 7.40. The third-order valence-corrected chi connectivity index (χ3v) is 8.95. The molecule has 286 valence electrons. The van der Waals surface area contributed by atoms with Crippen molar-refractivity contribution in [2.75, 3.05) is 19.8 Å². The van der Waals surface area contributed by atoms with Gasteiger partial charge in [-0.15, -0.1) is 0 Å². The fraction of sp³-hybridized carbons (Fsp3) is 0.531. The van der Waals surface area contributed by atoms with E-state index in [0.29, 0.717) is 0 Å². The van der Waals surface area contributed by atoms with Crippen molar-refractivity contribution >= 4 is 0 Å². The normalized spacial score (nSPS) is 36.9. The number of fused-ring (bicyclic) bond motifs is 1. The largest absolute Gasteiger partial charge is 0.507 e. The van der Waals surface area contributed by atoms with Crippen molar-refractivity contribution in [2.45, 2.75) is 86.0 Å². The SMILES string of the molecule is O=c1cc2oc(-c3ccc(O)c(O)c3)c(O[C@@H]3O[C@H](CO[C@@H]4O[C@H](CO)[C@@H](O)[C@H](O)[C@H]4O)[C@H](O)[C@H](O)[C@H]3O[C@@H]3OC[C@@H](O)[C@H](O)[C@H]3O)cc-2c(O)c1. The van der Waals surface area contributed by atoms with Crippen LogP contribution in [0, 0.1) is 0 Å². The Hall–Kier alpha value is -3.71. The van der Waals surface area contributed by atoms with Crippen LogP contribution >= 0.6 is 0 Å². The van der Waals surface area contributed by atoms with Crippen LogP contribution in [-0.4, -0.2) is 167 Å². The average Bonchev–Trinajstić information content (AvgIpc) is 3.11. The second kappa shape index (κ2) is 15.3. The van der Waals surface area contributed by atoms with E-state index in [4.69, 9.17) is 32.8 Å². The van der Waals surface area contributed by atoms with E-state index >= 15 is 0 Å². The number of phenols is 3. The highest BCUT2D eigenvalue weighted by Gasteiger charge is 2.51. The van der Waals surface area contributed by atoms with Crippen molar-refractivity contribution in [3.63, 3.8) is 0 Å². The Morgan fingerprint density at radius 2 is 1.38 bits per heavy atom. The molecule has 6 rings (SSSR count). The summed E-state index contributed by atoms with van der Waals surface area (Å²) in [5.41, 5.74) is -0.618. The number of hydrogen-bond acceptors (Lipinski definition) is 20. The Morgan fingerprint density at radius 3 is 2.10 bits per heavy atom. The number of phenolic OH excluding ortho intramolecular Hbond substituents is 3. The summed E-state index contributed by atoms with van der Waals surface area (Å²) in [6.45, 7) is -1.96. The molecule has 0 saturated carbocycles. The molecule has 1 aromatic rings. The molecule has 4 aliphatic heterocycles. The summed E-state index contributed by atoms with van der Waals surface area (Å²) < 4.78 is 39.9. The maximum absolute atomic E-state index is 12.2. The monoisotopic (exact) mass is 742 g/mol. The molecule has 0 aromatic heterocycles. The van der Waals surface area contributed by atoms with Crippen LogP contribution in [0.1, 0.15) is 0 Å². The molecule has 1 aromatic carbocycles. The van der Waals surface area contributed by atoms with Crippen LogP contribution in [-0.2, 0) is 23.7 Å². The van der Waals surface area contributed by atoms with Crippen molar-refractivity contribution < 1.29 is 94.1 Å². The van der Waals surface area contributed by atoms with E-state index < -0.39 is 129 Å². The van der Waals surface area contributed by atoms with E-state index in [-0.39, 0.29) is 28.4 Å². The topological polar surface area (TPSA) is 328 Å². The summed E-state index contributed by atoms with van der Waals surface area (Å²) in [5.74, 6) is -2.26. The minimum Gasteiger partial charge on any atom is -0.507 e. The number of aliphatic hydroxyl groups is 9. The summed E-state index contributed by atoms with van der Waals surface area (Å²) in [4.78, 5) is 12.2. The van der Waals surface area contributed by atoms with E-state index in [2.05, 4.69) is 0 Å². The van der Waals surface area contributed by atoms with Crippen LogP contribution in [0.2, 0.25) is 0 Å². The van der Waals surface area contributed by atoms with Crippen molar-refractivity contribution in [3.05, 3.63) is 46.6 Å². The van der Waals surface area contributed by atoms with Gasteiger partial charge in [0.05, 0.1) is 25.4 Å². The first-order valence-corrected chi connectivity index (χ1v) is 15.9. The van der Waals surface area contributed by atoms with Gasteiger partial charge in [-0.25, -0.2) is 0 Å². The highest BCUT2D eigenvalue weighted by molar-refractivity contribution is 5.76. The molecule has 20 heteroatoms. The maximum atomic E-state index is 12.2. The molecule has 14 atom stereocenters. The van der Waals surface area contributed by atoms with Crippen LogP contribution in [0.15, 0.2) is 45.6 Å². The zero-order valence-corrected chi connectivity index (χ0v) is 26.8. The van der Waals surface area contributed by atoms with Gasteiger partial charge in [0.25, 0.3) is 0 Å². The van der Waals surface area contributed by atoms with Gasteiger partial charge in [-0.05, 0) is 24.3 Å². The van der Waals surface area contributed by atoms with Gasteiger partial charge in [0.1, 0.15) is 72.5 Å². The van der Waals surface area contributed by atoms with Gasteiger partial charge in [-0.3, -0.25) is 4.79 Å². The lowest BCUT2D eigenvalue weighted by Crippen LogP contribution is -2.64. The molecule has 4 heterocycles. The smallest absolute Gasteiger partial charge is 0.229 e. The van der Waals surface area contributed by atoms with E-state index in [1.165, 1.54) is 12.1 Å². The van der Waals surface area contributed by atoms with Crippen LogP contribution in [0.25, 0.3) is 22.6 Å². The molecule has 20 nitrogen and oxygen atoms in total. The fourth-order valence-corrected chi connectivity index (χ4v) is 5.98. The first kappa shape index (κ1) is 38.0. The van der Waals surface area contributed by atoms with E-state index in [9.17, 15) is 66.1 Å². The quantitative estimate of drug-likeness (QED) is 0.0929. The third-order valence-electron chi connectivity index (χ3n) is 8.95. The first-order chi connectivity index (χ1) is 24.7. The number of aromatic hydroxyl groups is 3. The van der Waals surface area contributed by atoms with Crippen LogP contribution in [0.3, 0.4) is 0 Å². The number of aliphatic hydroxyl groups excluding tert-OH is 9. The molecule has 0 spiro atoms. The number of benzene rings is 2. The molecule has 52 heavy (non-hydrogen) atoms. The van der Waals surface area contributed by atoms with Gasteiger partial charge < -0.3 is 94.1 Å². The molecule has 0 unspecified atom stereocenters. The van der Waals surface area contributed by atoms with Gasteiger partial charge in [0.2, 0.25) is 6.29 Å². The van der Waals surface area contributed by atoms with E-state index in [0.717, 1.165) is 24.3 Å². The number of rotatable bonds is 9. The molecular formula is C32H38O20. The molecule has 0 amide bonds. The lowest BCUT2D eigenvalue weighted by Gasteiger charge is -2.45. The van der Waals surface area contributed by atoms with Crippen molar-refractivity contribution in [1.82, 2.24) is 0 Å². The zero-order valence-electron chi connectivity index (χ0n) is 26.8. The van der Waals surface area contributed by atoms with Gasteiger partial charge in [-0.2, -0.15) is 0 Å². The Morgan fingerprint density at radius 1 is 0.692 bits per heavy atom. The summed E-state index contributed by atoms with van der Waals surface area (Å²) >= 11 is 0. The molecular weight excluding hydrogens is 704 g/mol.